The van der Waals surface area contributed by atoms with Gasteiger partial charge in [-0.2, -0.15) is 13.2 Å². The molecule has 0 spiro atoms. The van der Waals surface area contributed by atoms with Crippen LogP contribution in [0, 0.1) is 12.8 Å². The average Bonchev–Trinajstić information content (AvgIpc) is 2.69. The van der Waals surface area contributed by atoms with Gasteiger partial charge in [-0.05, 0) is 24.6 Å². The number of rotatable bonds is 2. The predicted octanol–water partition coefficient (Wildman–Crippen LogP) is 1.85. The van der Waals surface area contributed by atoms with E-state index in [2.05, 4.69) is 0 Å². The first-order valence-corrected chi connectivity index (χ1v) is 5.97. The number of alkyl halides is 3. The monoisotopic (exact) mass is 286 g/mol. The maximum atomic E-state index is 13.0. The van der Waals surface area contributed by atoms with E-state index in [4.69, 9.17) is 5.73 Å². The molecule has 1 atom stereocenters. The van der Waals surface area contributed by atoms with E-state index in [-0.39, 0.29) is 18.7 Å². The van der Waals surface area contributed by atoms with Gasteiger partial charge in [0, 0.05) is 13.0 Å². The van der Waals surface area contributed by atoms with Crippen molar-refractivity contribution in [3.8, 4) is 0 Å². The van der Waals surface area contributed by atoms with Gasteiger partial charge in [0.25, 0.3) is 0 Å². The third-order valence-electron chi connectivity index (χ3n) is 3.28. The van der Waals surface area contributed by atoms with E-state index in [0.29, 0.717) is 5.56 Å². The van der Waals surface area contributed by atoms with Crippen LogP contribution >= 0.6 is 0 Å². The third kappa shape index (κ3) is 2.61. The highest BCUT2D eigenvalue weighted by Gasteiger charge is 2.40. The molecule has 1 saturated heterocycles. The number of primary amides is 1. The maximum absolute atomic E-state index is 13.0. The highest BCUT2D eigenvalue weighted by atomic mass is 19.4. The van der Waals surface area contributed by atoms with Gasteiger partial charge in [-0.3, -0.25) is 9.59 Å². The number of benzene rings is 1. The first kappa shape index (κ1) is 14.4. The minimum absolute atomic E-state index is 0.110. The van der Waals surface area contributed by atoms with Crippen LogP contribution in [-0.4, -0.2) is 18.4 Å². The van der Waals surface area contributed by atoms with E-state index < -0.39 is 29.5 Å². The van der Waals surface area contributed by atoms with Crippen molar-refractivity contribution in [2.75, 3.05) is 11.4 Å². The van der Waals surface area contributed by atoms with Gasteiger partial charge in [0.2, 0.25) is 11.8 Å². The Morgan fingerprint density at radius 3 is 2.55 bits per heavy atom. The molecule has 20 heavy (non-hydrogen) atoms. The van der Waals surface area contributed by atoms with Gasteiger partial charge in [0.1, 0.15) is 0 Å². The van der Waals surface area contributed by atoms with E-state index in [9.17, 15) is 22.8 Å². The van der Waals surface area contributed by atoms with Gasteiger partial charge in [-0.25, -0.2) is 0 Å². The number of carbonyl (C=O) groups is 2. The molecule has 1 aromatic rings. The van der Waals surface area contributed by atoms with Crippen molar-refractivity contribution in [2.45, 2.75) is 19.5 Å². The van der Waals surface area contributed by atoms with Gasteiger partial charge in [-0.15, -0.1) is 0 Å². The highest BCUT2D eigenvalue weighted by molar-refractivity contribution is 6.00. The number of anilines is 1. The lowest BCUT2D eigenvalue weighted by Crippen LogP contribution is -2.30. The van der Waals surface area contributed by atoms with Crippen molar-refractivity contribution in [3.63, 3.8) is 0 Å². The summed E-state index contributed by atoms with van der Waals surface area (Å²) < 4.78 is 39.0. The SMILES string of the molecule is Cc1ccc(C(F)(F)F)c(N2CC(C(N)=O)CC2=O)c1. The molecule has 0 saturated carbocycles. The largest absolute Gasteiger partial charge is 0.418 e. The third-order valence-corrected chi connectivity index (χ3v) is 3.28. The van der Waals surface area contributed by atoms with Crippen molar-refractivity contribution >= 4 is 17.5 Å². The Kier molecular flexibility index (Phi) is 3.45. The van der Waals surface area contributed by atoms with Crippen LogP contribution in [0.2, 0.25) is 0 Å². The molecule has 2 rings (SSSR count). The zero-order chi connectivity index (χ0) is 15.1. The predicted molar refractivity (Wildman–Crippen MR) is 65.8 cm³/mol. The Labute approximate surface area is 113 Å². The molecular formula is C13H13F3N2O2. The molecule has 0 aliphatic carbocycles. The van der Waals surface area contributed by atoms with Crippen LogP contribution in [0.15, 0.2) is 18.2 Å². The van der Waals surface area contributed by atoms with E-state index in [0.717, 1.165) is 11.0 Å². The number of hydrogen-bond donors (Lipinski definition) is 1. The molecule has 0 radical (unpaired) electrons. The minimum atomic E-state index is -4.56. The Hall–Kier alpha value is -2.05. The van der Waals surface area contributed by atoms with Gasteiger partial charge in [0.15, 0.2) is 0 Å². The standard InChI is InChI=1S/C13H13F3N2O2/c1-7-2-3-9(13(14,15)16)10(4-7)18-6-8(12(17)20)5-11(18)19/h2-4,8H,5-6H2,1H3,(H2,17,20). The fourth-order valence-electron chi connectivity index (χ4n) is 2.24. The normalized spacial score (nSPS) is 19.5. The van der Waals surface area contributed by atoms with Crippen molar-refractivity contribution < 1.29 is 22.8 Å². The molecule has 0 bridgehead atoms. The van der Waals surface area contributed by atoms with Crippen LogP contribution in [0.1, 0.15) is 17.5 Å². The van der Waals surface area contributed by atoms with E-state index >= 15 is 0 Å². The Bertz CT molecular complexity index is 569. The summed E-state index contributed by atoms with van der Waals surface area (Å²) in [6, 6.07) is 3.57. The topological polar surface area (TPSA) is 63.4 Å². The fourth-order valence-corrected chi connectivity index (χ4v) is 2.24. The zero-order valence-corrected chi connectivity index (χ0v) is 10.7. The Morgan fingerprint density at radius 2 is 2.05 bits per heavy atom. The van der Waals surface area contributed by atoms with Crippen molar-refractivity contribution in [1.29, 1.82) is 0 Å². The number of amides is 2. The molecule has 1 aromatic carbocycles. The van der Waals surface area contributed by atoms with Crippen molar-refractivity contribution in [3.05, 3.63) is 29.3 Å². The molecule has 7 heteroatoms. The summed E-state index contributed by atoms with van der Waals surface area (Å²) in [5, 5.41) is 0. The molecule has 1 aliphatic heterocycles. The lowest BCUT2D eigenvalue weighted by atomic mass is 10.1. The smallest absolute Gasteiger partial charge is 0.369 e. The molecule has 1 heterocycles. The van der Waals surface area contributed by atoms with Crippen molar-refractivity contribution in [1.82, 2.24) is 0 Å². The first-order valence-electron chi connectivity index (χ1n) is 5.97. The summed E-state index contributed by atoms with van der Waals surface area (Å²) in [6.07, 6.45) is -4.71. The first-order chi connectivity index (χ1) is 9.20. The number of halogens is 3. The van der Waals surface area contributed by atoms with E-state index in [1.165, 1.54) is 12.1 Å². The molecule has 1 aliphatic rings. The second kappa shape index (κ2) is 4.81. The highest BCUT2D eigenvalue weighted by Crippen LogP contribution is 2.39. The summed E-state index contributed by atoms with van der Waals surface area (Å²) in [6.45, 7) is 1.52. The van der Waals surface area contributed by atoms with E-state index in [1.54, 1.807) is 6.92 Å². The molecule has 108 valence electrons. The average molecular weight is 286 g/mol. The maximum Gasteiger partial charge on any atom is 0.418 e. The summed E-state index contributed by atoms with van der Waals surface area (Å²) >= 11 is 0. The lowest BCUT2D eigenvalue weighted by Gasteiger charge is -2.22. The minimum Gasteiger partial charge on any atom is -0.369 e. The molecule has 4 nitrogen and oxygen atoms in total. The van der Waals surface area contributed by atoms with Crippen LogP contribution in [-0.2, 0) is 15.8 Å². The second-order valence-electron chi connectivity index (χ2n) is 4.83. The van der Waals surface area contributed by atoms with Gasteiger partial charge >= 0.3 is 6.18 Å². The van der Waals surface area contributed by atoms with Crippen LogP contribution in [0.4, 0.5) is 18.9 Å². The Morgan fingerprint density at radius 1 is 1.40 bits per heavy atom. The second-order valence-corrected chi connectivity index (χ2v) is 4.83. The molecule has 1 unspecified atom stereocenters. The van der Waals surface area contributed by atoms with Gasteiger partial charge in [-0.1, -0.05) is 6.07 Å². The van der Waals surface area contributed by atoms with Crippen LogP contribution < -0.4 is 10.6 Å². The number of carbonyl (C=O) groups excluding carboxylic acids is 2. The molecule has 1 fully saturated rings. The Balaban J connectivity index is 2.45. The van der Waals surface area contributed by atoms with Crippen LogP contribution in [0.3, 0.4) is 0 Å². The fraction of sp³-hybridized carbons (Fsp3) is 0.385. The van der Waals surface area contributed by atoms with E-state index in [1.807, 2.05) is 0 Å². The zero-order valence-electron chi connectivity index (χ0n) is 10.7. The number of aryl methyl sites for hydroxylation is 1. The molecule has 2 amide bonds. The number of nitrogens with zero attached hydrogens (tertiary/aromatic N) is 1. The summed E-state index contributed by atoms with van der Waals surface area (Å²) in [7, 11) is 0. The summed E-state index contributed by atoms with van der Waals surface area (Å²) in [5.74, 6) is -1.95. The van der Waals surface area contributed by atoms with Crippen LogP contribution in [0.25, 0.3) is 0 Å². The quantitative estimate of drug-likeness (QED) is 0.901. The van der Waals surface area contributed by atoms with Gasteiger partial charge in [0.05, 0.1) is 17.2 Å². The van der Waals surface area contributed by atoms with Crippen LogP contribution in [0.5, 0.6) is 0 Å². The van der Waals surface area contributed by atoms with Crippen molar-refractivity contribution in [2.24, 2.45) is 11.7 Å². The summed E-state index contributed by atoms with van der Waals surface area (Å²) in [4.78, 5) is 23.9. The molecule has 2 N–H and O–H groups in total. The summed E-state index contributed by atoms with van der Waals surface area (Å²) in [5.41, 5.74) is 4.61. The van der Waals surface area contributed by atoms with Gasteiger partial charge < -0.3 is 10.6 Å². The number of hydrogen-bond acceptors (Lipinski definition) is 2. The lowest BCUT2D eigenvalue weighted by molar-refractivity contribution is -0.137. The molecular weight excluding hydrogens is 273 g/mol. The molecule has 0 aromatic heterocycles. The number of nitrogens with two attached hydrogens (primary N) is 1.